The molecule has 7 aromatic carbocycles. The van der Waals surface area contributed by atoms with Gasteiger partial charge in [-0.1, -0.05) is 97.1 Å². The minimum Gasteiger partial charge on any atom is -0.354 e. The number of benzene rings is 7. The quantitative estimate of drug-likeness (QED) is 0.216. The van der Waals surface area contributed by atoms with Crippen LogP contribution in [0.1, 0.15) is 0 Å². The van der Waals surface area contributed by atoms with Crippen LogP contribution in [0.25, 0.3) is 85.4 Å². The van der Waals surface area contributed by atoms with Crippen molar-refractivity contribution in [2.75, 3.05) is 0 Å². The Bertz CT molecular complexity index is 2400. The van der Waals surface area contributed by atoms with Crippen LogP contribution in [0.3, 0.4) is 0 Å². The summed E-state index contributed by atoms with van der Waals surface area (Å²) < 4.78 is 2.71. The summed E-state index contributed by atoms with van der Waals surface area (Å²) in [5.74, 6) is 0. The molecule has 0 saturated heterocycles. The van der Waals surface area contributed by atoms with Crippen molar-refractivity contribution in [1.29, 1.82) is 0 Å². The standard InChI is InChI=1S/C36H21NS/c1-2-10-23-21(9-1)19-29(25-12-4-3-11-24(23)25)22-17-18-31-30(20-22)34-35(37-31)27-14-6-5-13-26(27)33-28-15-7-8-16-32(28)38-36(33)34/h1-20,37H. The molecule has 0 bridgehead atoms. The maximum Gasteiger partial charge on any atom is 0.0559 e. The van der Waals surface area contributed by atoms with Gasteiger partial charge in [-0.2, -0.15) is 0 Å². The molecule has 0 amide bonds. The molecule has 1 N–H and O–H groups in total. The van der Waals surface area contributed by atoms with E-state index < -0.39 is 0 Å². The Hall–Kier alpha value is -4.66. The average Bonchev–Trinajstić information content (AvgIpc) is 3.55. The number of nitrogens with one attached hydrogen (secondary N) is 1. The fraction of sp³-hybridized carbons (Fsp3) is 0. The summed E-state index contributed by atoms with van der Waals surface area (Å²) in [5.41, 5.74) is 4.95. The number of hydrogen-bond donors (Lipinski definition) is 1. The smallest absolute Gasteiger partial charge is 0.0559 e. The number of hydrogen-bond acceptors (Lipinski definition) is 1. The average molecular weight is 500 g/mol. The largest absolute Gasteiger partial charge is 0.354 e. The van der Waals surface area contributed by atoms with E-state index in [1.165, 1.54) is 85.4 Å². The van der Waals surface area contributed by atoms with Crippen LogP contribution in [-0.2, 0) is 0 Å². The molecule has 0 atom stereocenters. The van der Waals surface area contributed by atoms with Crippen LogP contribution in [-0.4, -0.2) is 4.98 Å². The predicted molar refractivity (Wildman–Crippen MR) is 167 cm³/mol. The molecule has 0 unspecified atom stereocenters. The lowest BCUT2D eigenvalue weighted by molar-refractivity contribution is 1.56. The third-order valence-electron chi connectivity index (χ3n) is 8.17. The Morgan fingerprint density at radius 2 is 1.16 bits per heavy atom. The number of rotatable bonds is 1. The van der Waals surface area contributed by atoms with E-state index >= 15 is 0 Å². The maximum atomic E-state index is 3.81. The molecule has 0 fully saturated rings. The first-order chi connectivity index (χ1) is 18.8. The monoisotopic (exact) mass is 499 g/mol. The van der Waals surface area contributed by atoms with Crippen LogP contribution in [0.5, 0.6) is 0 Å². The first kappa shape index (κ1) is 20.4. The van der Waals surface area contributed by atoms with Crippen LogP contribution in [0.2, 0.25) is 0 Å². The maximum absolute atomic E-state index is 3.81. The van der Waals surface area contributed by atoms with Gasteiger partial charge in [-0.25, -0.2) is 0 Å². The first-order valence-electron chi connectivity index (χ1n) is 13.0. The van der Waals surface area contributed by atoms with Gasteiger partial charge in [0.25, 0.3) is 0 Å². The summed E-state index contributed by atoms with van der Waals surface area (Å²) in [6.45, 7) is 0. The third-order valence-corrected chi connectivity index (χ3v) is 9.35. The molecule has 1 nitrogen and oxygen atoms in total. The lowest BCUT2D eigenvalue weighted by atomic mass is 9.92. The van der Waals surface area contributed by atoms with Crippen LogP contribution < -0.4 is 0 Å². The number of aromatic amines is 1. The molecule has 2 aromatic heterocycles. The van der Waals surface area contributed by atoms with E-state index in [9.17, 15) is 0 Å². The van der Waals surface area contributed by atoms with Crippen molar-refractivity contribution >= 4 is 85.6 Å². The molecule has 0 radical (unpaired) electrons. The molecule has 0 aliphatic rings. The molecule has 38 heavy (non-hydrogen) atoms. The topological polar surface area (TPSA) is 15.8 Å². The van der Waals surface area contributed by atoms with Crippen molar-refractivity contribution < 1.29 is 0 Å². The lowest BCUT2D eigenvalue weighted by Crippen LogP contribution is -1.84. The molecule has 9 aromatic rings. The van der Waals surface area contributed by atoms with E-state index in [0.29, 0.717) is 0 Å². The summed E-state index contributed by atoms with van der Waals surface area (Å²) in [5, 5.41) is 13.1. The Balaban J connectivity index is 1.45. The lowest BCUT2D eigenvalue weighted by Gasteiger charge is -2.11. The minimum atomic E-state index is 1.18. The van der Waals surface area contributed by atoms with Gasteiger partial charge < -0.3 is 4.98 Å². The number of fused-ring (bicyclic) bond motifs is 13. The van der Waals surface area contributed by atoms with Gasteiger partial charge in [0.2, 0.25) is 0 Å². The van der Waals surface area contributed by atoms with Crippen LogP contribution >= 0.6 is 11.3 Å². The molecule has 2 heterocycles. The van der Waals surface area contributed by atoms with Crippen molar-refractivity contribution in [3.8, 4) is 11.1 Å². The fourth-order valence-corrected chi connectivity index (χ4v) is 7.78. The van der Waals surface area contributed by atoms with Crippen LogP contribution in [0.4, 0.5) is 0 Å². The van der Waals surface area contributed by atoms with Crippen molar-refractivity contribution in [2.24, 2.45) is 0 Å². The van der Waals surface area contributed by atoms with E-state index in [1.54, 1.807) is 0 Å². The highest BCUT2D eigenvalue weighted by Crippen LogP contribution is 2.47. The number of H-pyrrole nitrogens is 1. The Kier molecular flexibility index (Phi) is 3.99. The SMILES string of the molecule is c1ccc2c(c1)cc(-c1ccc3[nH]c4c5ccccc5c5c6ccccc6sc5c4c3c1)c1ccccc12. The molecule has 0 aliphatic heterocycles. The normalized spacial score (nSPS) is 12.2. The molecule has 0 saturated carbocycles. The van der Waals surface area contributed by atoms with E-state index in [-0.39, 0.29) is 0 Å². The van der Waals surface area contributed by atoms with E-state index in [0.717, 1.165) is 0 Å². The van der Waals surface area contributed by atoms with E-state index in [1.807, 2.05) is 11.3 Å². The van der Waals surface area contributed by atoms with Crippen molar-refractivity contribution in [1.82, 2.24) is 4.98 Å². The zero-order valence-corrected chi connectivity index (χ0v) is 21.3. The van der Waals surface area contributed by atoms with E-state index in [2.05, 4.69) is 126 Å². The van der Waals surface area contributed by atoms with Crippen molar-refractivity contribution in [3.63, 3.8) is 0 Å². The second-order valence-corrected chi connectivity index (χ2v) is 11.2. The van der Waals surface area contributed by atoms with Crippen LogP contribution in [0.15, 0.2) is 121 Å². The first-order valence-corrected chi connectivity index (χ1v) is 13.8. The van der Waals surface area contributed by atoms with Crippen molar-refractivity contribution in [2.45, 2.75) is 0 Å². The molecular weight excluding hydrogens is 478 g/mol. The fourth-order valence-electron chi connectivity index (χ4n) is 6.50. The molecular formula is C36H21NS. The summed E-state index contributed by atoms with van der Waals surface area (Å²) in [6, 6.07) is 44.5. The zero-order valence-electron chi connectivity index (χ0n) is 20.5. The second kappa shape index (κ2) is 7.44. The Morgan fingerprint density at radius 1 is 0.474 bits per heavy atom. The highest BCUT2D eigenvalue weighted by Gasteiger charge is 2.18. The summed E-state index contributed by atoms with van der Waals surface area (Å²) >= 11 is 1.91. The van der Waals surface area contributed by atoms with Gasteiger partial charge in [0, 0.05) is 41.8 Å². The highest BCUT2D eigenvalue weighted by atomic mass is 32.1. The Morgan fingerprint density at radius 3 is 2.03 bits per heavy atom. The molecule has 2 heteroatoms. The van der Waals surface area contributed by atoms with Gasteiger partial charge in [0.1, 0.15) is 0 Å². The van der Waals surface area contributed by atoms with Crippen molar-refractivity contribution in [3.05, 3.63) is 121 Å². The highest BCUT2D eigenvalue weighted by molar-refractivity contribution is 7.27. The van der Waals surface area contributed by atoms with Gasteiger partial charge in [-0.3, -0.25) is 0 Å². The van der Waals surface area contributed by atoms with Gasteiger partial charge >= 0.3 is 0 Å². The van der Waals surface area contributed by atoms with Crippen LogP contribution in [0, 0.1) is 0 Å². The predicted octanol–water partition coefficient (Wildman–Crippen LogP) is 10.8. The van der Waals surface area contributed by atoms with E-state index in [4.69, 9.17) is 0 Å². The van der Waals surface area contributed by atoms with Gasteiger partial charge in [0.15, 0.2) is 0 Å². The van der Waals surface area contributed by atoms with Gasteiger partial charge in [-0.15, -0.1) is 11.3 Å². The number of aromatic nitrogens is 1. The summed E-state index contributed by atoms with van der Waals surface area (Å²) in [4.78, 5) is 3.81. The molecule has 0 aliphatic carbocycles. The summed E-state index contributed by atoms with van der Waals surface area (Å²) in [7, 11) is 0. The van der Waals surface area contributed by atoms with Gasteiger partial charge in [-0.05, 0) is 62.3 Å². The second-order valence-electron chi connectivity index (χ2n) is 10.2. The van der Waals surface area contributed by atoms with Gasteiger partial charge in [0.05, 0.1) is 5.52 Å². The number of thiophene rings is 1. The third kappa shape index (κ3) is 2.65. The minimum absolute atomic E-state index is 1.18. The zero-order chi connectivity index (χ0) is 24.8. The molecule has 0 spiro atoms. The molecule has 9 rings (SSSR count). The molecule has 176 valence electrons. The summed E-state index contributed by atoms with van der Waals surface area (Å²) in [6.07, 6.45) is 0. The Labute approximate surface area is 222 Å².